The van der Waals surface area contributed by atoms with E-state index in [4.69, 9.17) is 0 Å². The zero-order valence-electron chi connectivity index (χ0n) is 34.8. The number of benzene rings is 2. The molecule has 64 heavy (non-hydrogen) atoms. The minimum atomic E-state index is -5.22. The van der Waals surface area contributed by atoms with E-state index in [9.17, 15) is 76.5 Å². The molecule has 0 unspecified atom stereocenters. The van der Waals surface area contributed by atoms with Crippen LogP contribution < -0.4 is 278 Å². The Kier molecular flexibility index (Phi) is 27.5. The number of hydrazone groups is 1. The van der Waals surface area contributed by atoms with Gasteiger partial charge in [-0.15, -0.1) is 0 Å². The first-order chi connectivity index (χ1) is 27.3. The first-order valence-corrected chi connectivity index (χ1v) is 21.7. The van der Waals surface area contributed by atoms with Crippen LogP contribution in [0.3, 0.4) is 0 Å². The second-order valence-corrected chi connectivity index (χ2v) is 17.6. The molecule has 0 radical (unpaired) electrons. The number of aromatic amines is 1. The molecule has 2 aliphatic heterocycles. The van der Waals surface area contributed by atoms with Crippen LogP contribution in [0.4, 0.5) is 5.69 Å². The van der Waals surface area contributed by atoms with E-state index in [1.54, 1.807) is 0 Å². The monoisotopic (exact) mass is 1090 g/mol. The second-order valence-electron chi connectivity index (χ2n) is 12.0. The third kappa shape index (κ3) is 15.5. The molecule has 5 rings (SSSR count). The molecule has 5 N–H and O–H groups in total. The molecule has 2 aromatic carbocycles. The predicted octanol–water partition coefficient (Wildman–Crippen LogP) is -16.9. The molecule has 24 nitrogen and oxygen atoms in total. The van der Waals surface area contributed by atoms with Gasteiger partial charge in [-0.25, -0.2) is 4.68 Å². The van der Waals surface area contributed by atoms with Crippen molar-refractivity contribution in [3.63, 3.8) is 0 Å². The van der Waals surface area contributed by atoms with Crippen LogP contribution in [0.15, 0.2) is 105 Å². The van der Waals surface area contributed by atoms with E-state index < -0.39 is 123 Å². The molecule has 33 heteroatoms. The number of H-pyrrole nitrogens is 1. The third-order valence-corrected chi connectivity index (χ3v) is 11.8. The van der Waals surface area contributed by atoms with Crippen molar-refractivity contribution in [3.05, 3.63) is 87.5 Å². The van der Waals surface area contributed by atoms with Crippen LogP contribution in [0.25, 0.3) is 11.8 Å². The molecular weight excluding hydrogens is 1070 g/mol. The SMILES string of the molecule is CN=C([O-])C1=NN(c2cc(S(=O)(=O)O)ccc2S(=O)(=O)O)C(=O)C1=CC=C(C=Cc1c(C([O-])=NC)[nH]n(-c2cc(S(=O)(=O)O)ccc2S(=O)(=O)O)c1=O)N1CCCC1=O.[K+].[K+].[K+].[K+].[K+]. The summed E-state index contributed by atoms with van der Waals surface area (Å²) in [6.07, 6.45) is 4.27. The number of aliphatic imine (C=N–C) groups is 2. The summed E-state index contributed by atoms with van der Waals surface area (Å²) < 4.78 is 135. The number of hydrogen-bond acceptors (Lipinski definition) is 16. The number of anilines is 1. The molecule has 1 saturated heterocycles. The first kappa shape index (κ1) is 66.0. The Morgan fingerprint density at radius 3 is 1.70 bits per heavy atom. The van der Waals surface area contributed by atoms with E-state index in [0.717, 1.165) is 43.3 Å². The summed E-state index contributed by atoms with van der Waals surface area (Å²) in [4.78, 5) is 44.6. The number of carbonyl (C=O) groups is 2. The van der Waals surface area contributed by atoms with Gasteiger partial charge in [0, 0.05) is 44.6 Å². The Morgan fingerprint density at radius 2 is 1.25 bits per heavy atom. The van der Waals surface area contributed by atoms with Gasteiger partial charge < -0.3 is 25.1 Å². The molecule has 0 spiro atoms. The van der Waals surface area contributed by atoms with Crippen molar-refractivity contribution < 1.29 is 329 Å². The number of allylic oxidation sites excluding steroid dienone is 3. The van der Waals surface area contributed by atoms with Gasteiger partial charge in [0.15, 0.2) is 0 Å². The molecule has 0 bridgehead atoms. The molecule has 0 aliphatic carbocycles. The van der Waals surface area contributed by atoms with Crippen molar-refractivity contribution in [1.82, 2.24) is 14.7 Å². The maximum Gasteiger partial charge on any atom is 1.00 e. The number of aromatic nitrogens is 2. The Hall–Kier alpha value is 2.04. The van der Waals surface area contributed by atoms with Crippen molar-refractivity contribution in [2.45, 2.75) is 32.4 Å². The summed E-state index contributed by atoms with van der Waals surface area (Å²) >= 11 is 0. The number of hydrogen-bond donors (Lipinski definition) is 5. The van der Waals surface area contributed by atoms with Crippen molar-refractivity contribution in [1.29, 1.82) is 0 Å². The molecule has 3 aromatic rings. The van der Waals surface area contributed by atoms with Crippen molar-refractivity contribution in [2.75, 3.05) is 25.6 Å². The zero-order chi connectivity index (χ0) is 44.0. The number of rotatable bonds is 12. The van der Waals surface area contributed by atoms with Crippen molar-refractivity contribution >= 4 is 81.6 Å². The molecule has 1 aromatic heterocycles. The Labute approximate surface area is 577 Å². The van der Waals surface area contributed by atoms with Crippen LogP contribution in [-0.2, 0) is 50.1 Å². The standard InChI is InChI=1S/C31H29N7O17S4.5K/c1-32-28(40)26-19(30(42)37(34-26)21-14-17(56(44,45)46)7-11-23(21)58(50,51)52)9-5-16(36-13-3-4-25(36)39)6-10-20-27(29(41)33-2)35-38(31(20)43)22-15-18(57(47,48)49)8-12-24(22)59(53,54)55;;;;;/h5-12,14-15,34H,3-4,13H2,1-2H3,(H,32,40)(H,33,41)(H,44,45,46)(H,47,48,49)(H,50,51,52)(H,53,54,55);;;;;/q;5*+1/p-2. The van der Waals surface area contributed by atoms with Crippen LogP contribution in [0.2, 0.25) is 0 Å². The predicted molar refractivity (Wildman–Crippen MR) is 199 cm³/mol. The van der Waals surface area contributed by atoms with E-state index in [2.05, 4.69) is 20.2 Å². The molecule has 0 saturated carbocycles. The maximum absolute atomic E-state index is 13.8. The largest absolute Gasteiger partial charge is 1.00 e. The Balaban J connectivity index is 0.00000794. The van der Waals surface area contributed by atoms with Gasteiger partial charge in [-0.3, -0.25) is 37.7 Å². The van der Waals surface area contributed by atoms with Crippen LogP contribution in [-0.4, -0.2) is 117 Å². The smallest absolute Gasteiger partial charge is 0.857 e. The summed E-state index contributed by atoms with van der Waals surface area (Å²) in [6, 6.07) is 3.29. The van der Waals surface area contributed by atoms with Gasteiger partial charge in [-0.2, -0.15) is 43.8 Å². The van der Waals surface area contributed by atoms with Gasteiger partial charge in [0.2, 0.25) is 5.91 Å². The normalized spacial score (nSPS) is 15.9. The van der Waals surface area contributed by atoms with Gasteiger partial charge in [0.05, 0.1) is 38.0 Å². The summed E-state index contributed by atoms with van der Waals surface area (Å²) in [5.41, 5.74) is -5.81. The van der Waals surface area contributed by atoms with Crippen molar-refractivity contribution in [3.8, 4) is 5.69 Å². The summed E-state index contributed by atoms with van der Waals surface area (Å²) in [5.74, 6) is -4.10. The van der Waals surface area contributed by atoms with Crippen LogP contribution in [0, 0.1) is 0 Å². The quantitative estimate of drug-likeness (QED) is 0.0281. The molecule has 314 valence electrons. The molecule has 2 amide bonds. The summed E-state index contributed by atoms with van der Waals surface area (Å²) in [6.45, 7) is 0.0379. The second kappa shape index (κ2) is 26.7. The van der Waals surface area contributed by atoms with Gasteiger partial charge >= 0.3 is 257 Å². The van der Waals surface area contributed by atoms with Crippen LogP contribution in [0.1, 0.15) is 24.1 Å². The van der Waals surface area contributed by atoms with Gasteiger partial charge in [-0.05, 0) is 67.1 Å². The van der Waals surface area contributed by atoms with E-state index in [0.29, 0.717) is 47.5 Å². The van der Waals surface area contributed by atoms with E-state index in [1.807, 2.05) is 0 Å². The Bertz CT molecular complexity index is 3060. The number of amides is 2. The first-order valence-electron chi connectivity index (χ1n) is 15.9. The van der Waals surface area contributed by atoms with Crippen LogP contribution >= 0.6 is 0 Å². The third-order valence-electron chi connectivity index (χ3n) is 8.34. The van der Waals surface area contributed by atoms with Gasteiger partial charge in [0.1, 0.15) is 15.5 Å². The average molecular weight is 1090 g/mol. The minimum Gasteiger partial charge on any atom is -0.857 e. The number of nitrogens with zero attached hydrogens (tertiary/aromatic N) is 6. The van der Waals surface area contributed by atoms with E-state index in [1.165, 1.54) is 0 Å². The van der Waals surface area contributed by atoms with E-state index in [-0.39, 0.29) is 281 Å². The molecule has 3 heterocycles. The molecule has 2 aliphatic rings. The van der Waals surface area contributed by atoms with E-state index >= 15 is 0 Å². The Morgan fingerprint density at radius 1 is 0.750 bits per heavy atom. The summed E-state index contributed by atoms with van der Waals surface area (Å²) in [5, 5.41) is 32.1. The topological polar surface area (TPSA) is 379 Å². The molecule has 1 fully saturated rings. The number of likely N-dealkylation sites (tertiary alicyclic amines) is 1. The minimum absolute atomic E-state index is 0. The summed E-state index contributed by atoms with van der Waals surface area (Å²) in [7, 11) is -18.4. The fraction of sp³-hybridized carbons (Fsp3) is 0.161. The fourth-order valence-corrected chi connectivity index (χ4v) is 7.93. The fourth-order valence-electron chi connectivity index (χ4n) is 5.63. The van der Waals surface area contributed by atoms with Gasteiger partial charge in [-0.1, -0.05) is 0 Å². The number of nitrogens with one attached hydrogen (secondary N) is 1. The average Bonchev–Trinajstić information content (AvgIpc) is 3.83. The van der Waals surface area contributed by atoms with Crippen LogP contribution in [0.5, 0.6) is 0 Å². The van der Waals surface area contributed by atoms with Crippen molar-refractivity contribution in [2.24, 2.45) is 15.1 Å². The maximum atomic E-state index is 13.8. The number of carbonyl (C=O) groups excluding carboxylic acids is 2. The van der Waals surface area contributed by atoms with Gasteiger partial charge in [0.25, 0.3) is 51.9 Å². The molecular formula is C31H27K5N7O17S4+3. The molecule has 0 atom stereocenters. The zero-order valence-corrected chi connectivity index (χ0v) is 53.7.